The van der Waals surface area contributed by atoms with E-state index < -0.39 is 17.5 Å². The summed E-state index contributed by atoms with van der Waals surface area (Å²) in [6, 6.07) is 3.31. The number of hydrogen-bond acceptors (Lipinski definition) is 5. The van der Waals surface area contributed by atoms with Crippen LogP contribution in [0.25, 0.3) is 0 Å². The predicted molar refractivity (Wildman–Crippen MR) is 85.4 cm³/mol. The molecule has 1 unspecified atom stereocenters. The number of benzene rings is 1. The van der Waals surface area contributed by atoms with Crippen molar-refractivity contribution in [1.82, 2.24) is 4.90 Å². The molecule has 0 saturated carbocycles. The van der Waals surface area contributed by atoms with Crippen molar-refractivity contribution in [2.24, 2.45) is 5.73 Å². The first kappa shape index (κ1) is 18.4. The van der Waals surface area contributed by atoms with Crippen LogP contribution in [-0.4, -0.2) is 42.5 Å². The molecule has 0 aromatic heterocycles. The Balaban J connectivity index is 2.19. The number of ether oxygens (including phenoxy) is 1. The summed E-state index contributed by atoms with van der Waals surface area (Å²) in [6.45, 7) is 3.81. The average molecular weight is 345 g/mol. The Morgan fingerprint density at radius 1 is 1.25 bits per heavy atom. The summed E-state index contributed by atoms with van der Waals surface area (Å²) in [6.07, 6.45) is -0.775. The second-order valence-electron chi connectivity index (χ2n) is 5.43. The van der Waals surface area contributed by atoms with E-state index >= 15 is 0 Å². The van der Waals surface area contributed by atoms with Gasteiger partial charge in [0.15, 0.2) is 0 Å². The zero-order valence-electron chi connectivity index (χ0n) is 13.5. The highest BCUT2D eigenvalue weighted by atomic mass is 19.4. The quantitative estimate of drug-likeness (QED) is 0.744. The lowest BCUT2D eigenvalue weighted by Crippen LogP contribution is -2.40. The third-order valence-electron chi connectivity index (χ3n) is 3.81. The molecule has 0 saturated heterocycles. The first-order chi connectivity index (χ1) is 11.4. The molecule has 0 spiro atoms. The maximum absolute atomic E-state index is 13.3. The molecular weight excluding hydrogens is 323 g/mol. The summed E-state index contributed by atoms with van der Waals surface area (Å²) < 4.78 is 45.2. The summed E-state index contributed by atoms with van der Waals surface area (Å²) in [4.78, 5) is 3.51. The Kier molecular flexibility index (Phi) is 5.95. The standard InChI is InChI=1S/C16H22F3N3O2/c1-2-15-21(8-10-24-9-5-20)6-7-22(15)14-4-3-12(23)11-13(14)16(17,18)19/h3-4,6-7,11,15,23H,2,5,8-10,20H2,1H3. The zero-order chi connectivity index (χ0) is 17.7. The fraction of sp³-hybridized carbons (Fsp3) is 0.500. The number of nitrogens with two attached hydrogens (primary N) is 1. The van der Waals surface area contributed by atoms with Gasteiger partial charge < -0.3 is 25.4 Å². The molecule has 8 heteroatoms. The minimum absolute atomic E-state index is 0.0220. The number of aromatic hydroxyl groups is 1. The van der Waals surface area contributed by atoms with Gasteiger partial charge in [-0.2, -0.15) is 13.2 Å². The molecule has 1 aliphatic rings. The topological polar surface area (TPSA) is 62.0 Å². The van der Waals surface area contributed by atoms with Gasteiger partial charge in [-0.05, 0) is 24.6 Å². The predicted octanol–water partition coefficient (Wildman–Crippen LogP) is 2.72. The van der Waals surface area contributed by atoms with E-state index in [1.807, 2.05) is 11.8 Å². The highest BCUT2D eigenvalue weighted by Crippen LogP contribution is 2.40. The van der Waals surface area contributed by atoms with Gasteiger partial charge >= 0.3 is 6.18 Å². The molecule has 1 atom stereocenters. The zero-order valence-corrected chi connectivity index (χ0v) is 13.5. The molecule has 24 heavy (non-hydrogen) atoms. The molecule has 134 valence electrons. The third-order valence-corrected chi connectivity index (χ3v) is 3.81. The van der Waals surface area contributed by atoms with Crippen LogP contribution in [0.3, 0.4) is 0 Å². The Morgan fingerprint density at radius 3 is 2.62 bits per heavy atom. The van der Waals surface area contributed by atoms with E-state index in [2.05, 4.69) is 0 Å². The van der Waals surface area contributed by atoms with E-state index in [1.165, 1.54) is 12.1 Å². The fourth-order valence-electron chi connectivity index (χ4n) is 2.74. The highest BCUT2D eigenvalue weighted by molar-refractivity contribution is 5.60. The van der Waals surface area contributed by atoms with Crippen LogP contribution >= 0.6 is 0 Å². The molecule has 0 bridgehead atoms. The van der Waals surface area contributed by atoms with Crippen molar-refractivity contribution in [2.45, 2.75) is 25.7 Å². The minimum Gasteiger partial charge on any atom is -0.508 e. The largest absolute Gasteiger partial charge is 0.508 e. The van der Waals surface area contributed by atoms with Crippen LogP contribution in [0, 0.1) is 0 Å². The molecular formula is C16H22F3N3O2. The molecule has 5 nitrogen and oxygen atoms in total. The van der Waals surface area contributed by atoms with Crippen molar-refractivity contribution in [2.75, 3.05) is 31.2 Å². The van der Waals surface area contributed by atoms with Crippen molar-refractivity contribution in [1.29, 1.82) is 0 Å². The van der Waals surface area contributed by atoms with Crippen LogP contribution in [0.15, 0.2) is 30.6 Å². The van der Waals surface area contributed by atoms with E-state index in [-0.39, 0.29) is 11.9 Å². The number of alkyl halides is 3. The summed E-state index contributed by atoms with van der Waals surface area (Å²) in [5.41, 5.74) is 4.52. The highest BCUT2D eigenvalue weighted by Gasteiger charge is 2.37. The SMILES string of the molecule is CCC1N(CCOCCN)C=CN1c1ccc(O)cc1C(F)(F)F. The van der Waals surface area contributed by atoms with Crippen molar-refractivity contribution >= 4 is 5.69 Å². The van der Waals surface area contributed by atoms with E-state index in [0.717, 1.165) is 6.07 Å². The Labute approximate surface area is 139 Å². The Hall–Kier alpha value is -1.93. The molecule has 0 aliphatic carbocycles. The summed E-state index contributed by atoms with van der Waals surface area (Å²) in [5, 5.41) is 9.41. The third kappa shape index (κ3) is 4.12. The van der Waals surface area contributed by atoms with E-state index in [4.69, 9.17) is 10.5 Å². The first-order valence-corrected chi connectivity index (χ1v) is 7.79. The average Bonchev–Trinajstić information content (AvgIpc) is 2.93. The van der Waals surface area contributed by atoms with Crippen LogP contribution in [0.2, 0.25) is 0 Å². The van der Waals surface area contributed by atoms with Gasteiger partial charge in [-0.25, -0.2) is 0 Å². The van der Waals surface area contributed by atoms with E-state index in [1.54, 1.807) is 17.3 Å². The lowest BCUT2D eigenvalue weighted by molar-refractivity contribution is -0.137. The second-order valence-corrected chi connectivity index (χ2v) is 5.43. The summed E-state index contributed by atoms with van der Waals surface area (Å²) in [7, 11) is 0. The number of nitrogens with zero attached hydrogens (tertiary/aromatic N) is 2. The second kappa shape index (κ2) is 7.76. The number of anilines is 1. The maximum Gasteiger partial charge on any atom is 0.418 e. The first-order valence-electron chi connectivity index (χ1n) is 7.79. The molecule has 1 aromatic carbocycles. The molecule has 0 fully saturated rings. The van der Waals surface area contributed by atoms with Gasteiger partial charge in [0.25, 0.3) is 0 Å². The van der Waals surface area contributed by atoms with Gasteiger partial charge in [0.05, 0.1) is 24.5 Å². The molecule has 1 aliphatic heterocycles. The van der Waals surface area contributed by atoms with Gasteiger partial charge in [-0.15, -0.1) is 0 Å². The molecule has 1 aromatic rings. The molecule has 0 radical (unpaired) electrons. The summed E-state index contributed by atoms with van der Waals surface area (Å²) >= 11 is 0. The number of rotatable bonds is 7. The van der Waals surface area contributed by atoms with Gasteiger partial charge in [0, 0.05) is 25.5 Å². The van der Waals surface area contributed by atoms with E-state index in [0.29, 0.717) is 32.7 Å². The van der Waals surface area contributed by atoms with Gasteiger partial charge in [0.2, 0.25) is 0 Å². The normalized spacial score (nSPS) is 17.8. The minimum atomic E-state index is -4.54. The van der Waals surface area contributed by atoms with Crippen molar-refractivity contribution in [3.05, 3.63) is 36.2 Å². The van der Waals surface area contributed by atoms with Gasteiger partial charge in [-0.1, -0.05) is 6.92 Å². The number of hydrogen-bond donors (Lipinski definition) is 2. The Morgan fingerprint density at radius 2 is 2.00 bits per heavy atom. The van der Waals surface area contributed by atoms with Crippen LogP contribution in [0.4, 0.5) is 18.9 Å². The van der Waals surface area contributed by atoms with Crippen molar-refractivity contribution < 1.29 is 23.0 Å². The van der Waals surface area contributed by atoms with Gasteiger partial charge in [-0.3, -0.25) is 0 Å². The van der Waals surface area contributed by atoms with Crippen LogP contribution in [0.1, 0.15) is 18.9 Å². The van der Waals surface area contributed by atoms with E-state index in [9.17, 15) is 18.3 Å². The van der Waals surface area contributed by atoms with Crippen LogP contribution in [0.5, 0.6) is 5.75 Å². The molecule has 3 N–H and O–H groups in total. The molecule has 1 heterocycles. The lowest BCUT2D eigenvalue weighted by atomic mass is 10.1. The van der Waals surface area contributed by atoms with Crippen molar-refractivity contribution in [3.63, 3.8) is 0 Å². The smallest absolute Gasteiger partial charge is 0.418 e. The monoisotopic (exact) mass is 345 g/mol. The van der Waals surface area contributed by atoms with Crippen molar-refractivity contribution in [3.8, 4) is 5.75 Å². The number of phenolic OH excluding ortho intramolecular Hbond substituents is 1. The Bertz CT molecular complexity index is 578. The molecule has 2 rings (SSSR count). The maximum atomic E-state index is 13.3. The molecule has 0 amide bonds. The van der Waals surface area contributed by atoms with Crippen LogP contribution in [-0.2, 0) is 10.9 Å². The van der Waals surface area contributed by atoms with Gasteiger partial charge in [0.1, 0.15) is 11.9 Å². The summed E-state index contributed by atoms with van der Waals surface area (Å²) in [5.74, 6) is -0.408. The number of halogens is 3. The number of phenols is 1. The van der Waals surface area contributed by atoms with Crippen LogP contribution < -0.4 is 10.6 Å². The fourth-order valence-corrected chi connectivity index (χ4v) is 2.74. The lowest BCUT2D eigenvalue weighted by Gasteiger charge is -2.33.